The number of nitrogens with zero attached hydrogens (tertiary/aromatic N) is 2. The second-order valence-corrected chi connectivity index (χ2v) is 10.7. The van der Waals surface area contributed by atoms with Crippen LogP contribution in [0, 0.1) is 0 Å². The summed E-state index contributed by atoms with van der Waals surface area (Å²) >= 11 is 3.58. The number of aromatic amines is 1. The third kappa shape index (κ3) is 4.21. The Bertz CT molecular complexity index is 1570. The van der Waals surface area contributed by atoms with Gasteiger partial charge >= 0.3 is 0 Å². The average Bonchev–Trinajstić information content (AvgIpc) is 3.32. The fourth-order valence-electron chi connectivity index (χ4n) is 5.93. The molecular weight excluding hydrogens is 562 g/mol. The second kappa shape index (κ2) is 9.96. The summed E-state index contributed by atoms with van der Waals surface area (Å²) < 4.78 is 17.3. The quantitative estimate of drug-likeness (QED) is 0.348. The number of carbonyl (C=O) groups excluding carboxylic acids is 2. The maximum absolute atomic E-state index is 14.1. The maximum Gasteiger partial charge on any atom is 0.246 e. The van der Waals surface area contributed by atoms with Crippen molar-refractivity contribution in [2.45, 2.75) is 25.0 Å². The summed E-state index contributed by atoms with van der Waals surface area (Å²) in [5, 5.41) is 1.08. The number of piperazine rings is 1. The number of para-hydroxylation sites is 1. The summed E-state index contributed by atoms with van der Waals surface area (Å²) in [4.78, 5) is 34.9. The van der Waals surface area contributed by atoms with Crippen LogP contribution in [0.25, 0.3) is 10.9 Å². The van der Waals surface area contributed by atoms with E-state index in [1.54, 1.807) is 31.1 Å². The molecule has 2 atom stereocenters. The SMILES string of the molecule is COc1cc(CN2CC(=O)N3[C@H](c4cccc(Br)c4)c4[nH]c5ccccc5c4C[C@H]3C2=O)cc(OC)c1OC. The van der Waals surface area contributed by atoms with E-state index in [9.17, 15) is 9.59 Å². The van der Waals surface area contributed by atoms with Gasteiger partial charge < -0.3 is 29.0 Å². The van der Waals surface area contributed by atoms with Gasteiger partial charge in [-0.25, -0.2) is 0 Å². The first kappa shape index (κ1) is 25.3. The molecule has 1 aromatic heterocycles. The number of ether oxygens (including phenoxy) is 3. The predicted octanol–water partition coefficient (Wildman–Crippen LogP) is 4.84. The molecule has 3 aromatic carbocycles. The second-order valence-electron chi connectivity index (χ2n) is 9.77. The van der Waals surface area contributed by atoms with Crippen molar-refractivity contribution in [2.24, 2.45) is 0 Å². The monoisotopic (exact) mass is 589 g/mol. The van der Waals surface area contributed by atoms with Crippen LogP contribution in [0.3, 0.4) is 0 Å². The van der Waals surface area contributed by atoms with Crippen molar-refractivity contribution >= 4 is 38.6 Å². The van der Waals surface area contributed by atoms with Gasteiger partial charge in [-0.15, -0.1) is 0 Å². The number of rotatable bonds is 6. The molecule has 0 saturated carbocycles. The molecule has 3 heterocycles. The summed E-state index contributed by atoms with van der Waals surface area (Å²) in [5.74, 6) is 1.30. The van der Waals surface area contributed by atoms with E-state index in [1.807, 2.05) is 54.6 Å². The minimum atomic E-state index is -0.621. The van der Waals surface area contributed by atoms with Crippen LogP contribution in [0.15, 0.2) is 65.1 Å². The van der Waals surface area contributed by atoms with E-state index in [0.29, 0.717) is 23.7 Å². The van der Waals surface area contributed by atoms with Crippen molar-refractivity contribution in [2.75, 3.05) is 27.9 Å². The van der Waals surface area contributed by atoms with Gasteiger partial charge in [-0.3, -0.25) is 9.59 Å². The molecule has 1 fully saturated rings. The van der Waals surface area contributed by atoms with E-state index in [0.717, 1.165) is 37.8 Å². The number of hydrogen-bond acceptors (Lipinski definition) is 5. The van der Waals surface area contributed by atoms with E-state index < -0.39 is 12.1 Å². The molecule has 6 rings (SSSR count). The molecule has 200 valence electrons. The normalized spacial score (nSPS) is 18.7. The van der Waals surface area contributed by atoms with E-state index in [-0.39, 0.29) is 24.9 Å². The highest BCUT2D eigenvalue weighted by molar-refractivity contribution is 9.10. The highest BCUT2D eigenvalue weighted by atomic mass is 79.9. The standard InChI is InChI=1S/C30H28BrN3O5/c1-37-24-11-17(12-25(38-2)29(24)39-3)15-33-16-26(35)34-23(30(33)36)14-21-20-9-4-5-10-22(20)32-27(21)28(34)18-7-6-8-19(31)13-18/h4-13,23,28,32H,14-16H2,1-3H3/t23-,28+/m0/s1. The van der Waals surface area contributed by atoms with Crippen molar-refractivity contribution < 1.29 is 23.8 Å². The number of fused-ring (bicyclic) bond motifs is 4. The lowest BCUT2D eigenvalue weighted by molar-refractivity contribution is -0.159. The van der Waals surface area contributed by atoms with Crippen LogP contribution in [-0.4, -0.2) is 60.5 Å². The zero-order valence-electron chi connectivity index (χ0n) is 21.9. The number of H-pyrrole nitrogens is 1. The highest BCUT2D eigenvalue weighted by Gasteiger charge is 2.48. The largest absolute Gasteiger partial charge is 0.493 e. The molecule has 0 radical (unpaired) electrons. The highest BCUT2D eigenvalue weighted by Crippen LogP contribution is 2.43. The summed E-state index contributed by atoms with van der Waals surface area (Å²) in [6.07, 6.45) is 0.445. The van der Waals surface area contributed by atoms with E-state index in [2.05, 4.69) is 27.0 Å². The van der Waals surface area contributed by atoms with Gasteiger partial charge in [0.05, 0.1) is 27.4 Å². The van der Waals surface area contributed by atoms with Gasteiger partial charge in [0.1, 0.15) is 12.6 Å². The zero-order chi connectivity index (χ0) is 27.3. The van der Waals surface area contributed by atoms with Crippen LogP contribution in [0.2, 0.25) is 0 Å². The molecule has 0 spiro atoms. The molecule has 2 aliphatic heterocycles. The number of nitrogens with one attached hydrogen (secondary N) is 1. The first-order valence-electron chi connectivity index (χ1n) is 12.7. The molecule has 2 amide bonds. The Kier molecular flexibility index (Phi) is 6.46. The van der Waals surface area contributed by atoms with Crippen LogP contribution in [-0.2, 0) is 22.6 Å². The minimum absolute atomic E-state index is 0.0218. The lowest BCUT2D eigenvalue weighted by Gasteiger charge is -2.47. The third-order valence-electron chi connectivity index (χ3n) is 7.60. The van der Waals surface area contributed by atoms with Crippen LogP contribution in [0.4, 0.5) is 0 Å². The third-order valence-corrected chi connectivity index (χ3v) is 8.10. The lowest BCUT2D eigenvalue weighted by atomic mass is 9.86. The number of carbonyl (C=O) groups is 2. The Morgan fingerprint density at radius 3 is 2.38 bits per heavy atom. The number of methoxy groups -OCH3 is 3. The maximum atomic E-state index is 14.1. The number of hydrogen-bond donors (Lipinski definition) is 1. The molecule has 39 heavy (non-hydrogen) atoms. The fourth-order valence-corrected chi connectivity index (χ4v) is 6.34. The van der Waals surface area contributed by atoms with Crippen LogP contribution in [0.5, 0.6) is 17.2 Å². The first-order chi connectivity index (χ1) is 18.9. The van der Waals surface area contributed by atoms with Crippen molar-refractivity contribution in [3.63, 3.8) is 0 Å². The topological polar surface area (TPSA) is 84.1 Å². The first-order valence-corrected chi connectivity index (χ1v) is 13.5. The molecule has 9 heteroatoms. The van der Waals surface area contributed by atoms with Crippen LogP contribution in [0.1, 0.15) is 28.4 Å². The van der Waals surface area contributed by atoms with Crippen molar-refractivity contribution in [3.05, 3.63) is 87.5 Å². The summed E-state index contributed by atoms with van der Waals surface area (Å²) in [7, 11) is 4.65. The Morgan fingerprint density at radius 1 is 0.949 bits per heavy atom. The summed E-state index contributed by atoms with van der Waals surface area (Å²) in [5.41, 5.74) is 4.77. The molecule has 1 saturated heterocycles. The van der Waals surface area contributed by atoms with E-state index in [4.69, 9.17) is 14.2 Å². The number of amides is 2. The van der Waals surface area contributed by atoms with Crippen LogP contribution < -0.4 is 14.2 Å². The Labute approximate surface area is 234 Å². The van der Waals surface area contributed by atoms with Crippen LogP contribution >= 0.6 is 15.9 Å². The number of benzene rings is 3. The van der Waals surface area contributed by atoms with E-state index >= 15 is 0 Å². The average molecular weight is 590 g/mol. The van der Waals surface area contributed by atoms with Gasteiger partial charge in [-0.2, -0.15) is 0 Å². The molecule has 0 bridgehead atoms. The predicted molar refractivity (Wildman–Crippen MR) is 150 cm³/mol. The number of aromatic nitrogens is 1. The van der Waals surface area contributed by atoms with Gasteiger partial charge in [0.25, 0.3) is 0 Å². The molecular formula is C30H28BrN3O5. The van der Waals surface area contributed by atoms with Crippen molar-refractivity contribution in [3.8, 4) is 17.2 Å². The molecule has 2 aliphatic rings. The van der Waals surface area contributed by atoms with Gasteiger partial charge in [0.2, 0.25) is 17.6 Å². The Hall–Kier alpha value is -3.98. The van der Waals surface area contributed by atoms with E-state index in [1.165, 1.54) is 0 Å². The molecule has 0 unspecified atom stereocenters. The number of halogens is 1. The van der Waals surface area contributed by atoms with Gasteiger partial charge in [-0.05, 0) is 47.0 Å². The molecule has 0 aliphatic carbocycles. The fraction of sp³-hybridized carbons (Fsp3) is 0.267. The van der Waals surface area contributed by atoms with Crippen molar-refractivity contribution in [1.82, 2.24) is 14.8 Å². The minimum Gasteiger partial charge on any atom is -0.493 e. The van der Waals surface area contributed by atoms with Gasteiger partial charge in [-0.1, -0.05) is 46.3 Å². The molecule has 1 N–H and O–H groups in total. The van der Waals surface area contributed by atoms with Crippen molar-refractivity contribution in [1.29, 1.82) is 0 Å². The Morgan fingerprint density at radius 2 is 1.69 bits per heavy atom. The Balaban J connectivity index is 1.41. The van der Waals surface area contributed by atoms with Gasteiger partial charge in [0.15, 0.2) is 11.5 Å². The lowest BCUT2D eigenvalue weighted by Crippen LogP contribution is -2.62. The summed E-state index contributed by atoms with van der Waals surface area (Å²) in [6, 6.07) is 18.6. The molecule has 8 nitrogen and oxygen atoms in total. The smallest absolute Gasteiger partial charge is 0.246 e. The van der Waals surface area contributed by atoms with Gasteiger partial charge in [0, 0.05) is 34.0 Å². The molecule has 4 aromatic rings. The summed E-state index contributed by atoms with van der Waals surface area (Å²) in [6.45, 7) is 0.222. The zero-order valence-corrected chi connectivity index (χ0v) is 23.4.